The van der Waals surface area contributed by atoms with Crippen LogP contribution in [-0.2, 0) is 20.7 Å². The number of carboxylic acid groups (broad SMARTS) is 1. The van der Waals surface area contributed by atoms with Crippen molar-refractivity contribution in [1.82, 2.24) is 10.2 Å². The van der Waals surface area contributed by atoms with Gasteiger partial charge in [-0.1, -0.05) is 12.1 Å². The van der Waals surface area contributed by atoms with Gasteiger partial charge in [0, 0.05) is 17.7 Å². The molecule has 8 heteroatoms. The number of methoxy groups -OCH3 is 1. The van der Waals surface area contributed by atoms with E-state index < -0.39 is 12.0 Å². The average molecular weight is 449 g/mol. The molecule has 1 aromatic carbocycles. The number of nitrogens with one attached hydrogen (secondary N) is 1. The number of benzene rings is 1. The van der Waals surface area contributed by atoms with Gasteiger partial charge in [-0.15, -0.1) is 11.8 Å². The van der Waals surface area contributed by atoms with Crippen molar-refractivity contribution in [3.63, 3.8) is 0 Å². The second kappa shape index (κ2) is 9.00. The van der Waals surface area contributed by atoms with Gasteiger partial charge in [0.25, 0.3) is 0 Å². The Labute approximate surface area is 187 Å². The zero-order chi connectivity index (χ0) is 22.2. The first-order chi connectivity index (χ1) is 14.8. The third kappa shape index (κ3) is 4.86. The third-order valence-electron chi connectivity index (χ3n) is 6.58. The normalized spacial score (nSPS) is 31.6. The molecule has 1 amide bonds. The van der Waals surface area contributed by atoms with Crippen LogP contribution in [-0.4, -0.2) is 69.9 Å². The van der Waals surface area contributed by atoms with Crippen LogP contribution in [0.5, 0.6) is 5.75 Å². The maximum absolute atomic E-state index is 12.5. The highest BCUT2D eigenvalue weighted by Crippen LogP contribution is 2.50. The van der Waals surface area contributed by atoms with E-state index in [2.05, 4.69) is 17.4 Å². The van der Waals surface area contributed by atoms with Gasteiger partial charge >= 0.3 is 5.97 Å². The summed E-state index contributed by atoms with van der Waals surface area (Å²) in [5.41, 5.74) is 1.23. The largest absolute Gasteiger partial charge is 0.497 e. The Hall–Kier alpha value is -1.77. The summed E-state index contributed by atoms with van der Waals surface area (Å²) in [6.45, 7) is 4.54. The summed E-state index contributed by atoms with van der Waals surface area (Å²) in [4.78, 5) is 26.1. The molecular formula is C23H32N2O5S. The number of hydrogen-bond donors (Lipinski definition) is 2. The SMILES string of the molecule is COc1ccc(C[C@H]2CC[C@@H](CCC(=O)N[C@@H]3CN4[C@@H]3SC(C)(C)[C@H]4C(=O)O)O2)cc1. The van der Waals surface area contributed by atoms with Crippen molar-refractivity contribution in [2.75, 3.05) is 13.7 Å². The van der Waals surface area contributed by atoms with Gasteiger partial charge in [0.2, 0.25) is 5.91 Å². The van der Waals surface area contributed by atoms with Crippen molar-refractivity contribution in [2.45, 2.75) is 80.4 Å². The lowest BCUT2D eigenvalue weighted by Gasteiger charge is -2.44. The maximum atomic E-state index is 12.5. The molecule has 0 unspecified atom stereocenters. The molecule has 3 heterocycles. The molecule has 3 fully saturated rings. The number of rotatable bonds is 8. The van der Waals surface area contributed by atoms with Crippen LogP contribution in [0.15, 0.2) is 24.3 Å². The fraction of sp³-hybridized carbons (Fsp3) is 0.652. The molecule has 7 nitrogen and oxygen atoms in total. The Kier molecular flexibility index (Phi) is 6.51. The first-order valence-corrected chi connectivity index (χ1v) is 11.9. The summed E-state index contributed by atoms with van der Waals surface area (Å²) in [6, 6.07) is 7.61. The third-order valence-corrected chi connectivity index (χ3v) is 8.26. The van der Waals surface area contributed by atoms with Crippen LogP contribution in [0.2, 0.25) is 0 Å². The van der Waals surface area contributed by atoms with Crippen LogP contribution in [0.25, 0.3) is 0 Å². The van der Waals surface area contributed by atoms with Crippen molar-refractivity contribution in [1.29, 1.82) is 0 Å². The van der Waals surface area contributed by atoms with Crippen LogP contribution in [0.4, 0.5) is 0 Å². The predicted molar refractivity (Wildman–Crippen MR) is 119 cm³/mol. The Balaban J connectivity index is 1.18. The van der Waals surface area contributed by atoms with E-state index in [0.29, 0.717) is 13.0 Å². The number of carboxylic acids is 1. The van der Waals surface area contributed by atoms with Crippen molar-refractivity contribution in [3.8, 4) is 5.75 Å². The molecular weight excluding hydrogens is 416 g/mol. The van der Waals surface area contributed by atoms with E-state index in [1.807, 2.05) is 30.9 Å². The highest BCUT2D eigenvalue weighted by atomic mass is 32.2. The molecule has 170 valence electrons. The van der Waals surface area contributed by atoms with Gasteiger partial charge in [-0.25, -0.2) is 0 Å². The fourth-order valence-electron chi connectivity index (χ4n) is 4.99. The highest BCUT2D eigenvalue weighted by molar-refractivity contribution is 8.01. The van der Waals surface area contributed by atoms with Gasteiger partial charge in [0.05, 0.1) is 30.7 Å². The molecule has 0 bridgehead atoms. The molecule has 0 aliphatic carbocycles. The number of ether oxygens (including phenoxy) is 2. The Morgan fingerprint density at radius 3 is 2.65 bits per heavy atom. The van der Waals surface area contributed by atoms with E-state index in [1.165, 1.54) is 5.56 Å². The molecule has 0 spiro atoms. The van der Waals surface area contributed by atoms with Crippen molar-refractivity contribution in [2.24, 2.45) is 0 Å². The molecule has 1 aromatic rings. The lowest BCUT2D eigenvalue weighted by Crippen LogP contribution is -2.66. The molecule has 0 radical (unpaired) electrons. The van der Waals surface area contributed by atoms with Crippen molar-refractivity contribution in [3.05, 3.63) is 29.8 Å². The summed E-state index contributed by atoms with van der Waals surface area (Å²) in [5, 5.41) is 12.7. The number of carbonyl (C=O) groups is 2. The zero-order valence-electron chi connectivity index (χ0n) is 18.4. The summed E-state index contributed by atoms with van der Waals surface area (Å²) in [7, 11) is 1.66. The standard InChI is InChI=1S/C23H32N2O5S/c1-23(2)20(22(27)28)25-13-18(21(25)31-23)24-19(26)11-10-16-8-9-17(30-16)12-14-4-6-15(29-3)7-5-14/h4-7,16-18,20-21H,8-13H2,1-3H3,(H,24,26)(H,27,28)/t16-,17+,18+,20+,21+/m0/s1. The van der Waals surface area contributed by atoms with Crippen LogP contribution in [0.3, 0.4) is 0 Å². The van der Waals surface area contributed by atoms with E-state index >= 15 is 0 Å². The first-order valence-electron chi connectivity index (χ1n) is 11.0. The van der Waals surface area contributed by atoms with Gasteiger partial charge in [-0.2, -0.15) is 0 Å². The zero-order valence-corrected chi connectivity index (χ0v) is 19.2. The molecule has 5 atom stereocenters. The Morgan fingerprint density at radius 2 is 1.97 bits per heavy atom. The molecule has 0 aromatic heterocycles. The Bertz CT molecular complexity index is 815. The number of hydrogen-bond acceptors (Lipinski definition) is 6. The molecule has 31 heavy (non-hydrogen) atoms. The quantitative estimate of drug-likeness (QED) is 0.632. The number of amides is 1. The summed E-state index contributed by atoms with van der Waals surface area (Å²) >= 11 is 1.65. The molecule has 0 saturated carbocycles. The van der Waals surface area contributed by atoms with Crippen molar-refractivity contribution < 1.29 is 24.2 Å². The smallest absolute Gasteiger partial charge is 0.322 e. The number of aliphatic carboxylic acids is 1. The van der Waals surface area contributed by atoms with Gasteiger partial charge in [0.15, 0.2) is 0 Å². The second-order valence-electron chi connectivity index (χ2n) is 9.27. The molecule has 4 rings (SSSR count). The molecule has 3 aliphatic rings. The van der Waals surface area contributed by atoms with Crippen LogP contribution < -0.4 is 10.1 Å². The first kappa shape index (κ1) is 22.4. The van der Waals surface area contributed by atoms with Crippen molar-refractivity contribution >= 4 is 23.6 Å². The van der Waals surface area contributed by atoms with E-state index in [1.54, 1.807) is 18.9 Å². The van der Waals surface area contributed by atoms with Gasteiger partial charge in [0.1, 0.15) is 11.8 Å². The minimum Gasteiger partial charge on any atom is -0.497 e. The van der Waals surface area contributed by atoms with E-state index in [0.717, 1.165) is 31.4 Å². The maximum Gasteiger partial charge on any atom is 0.322 e. The Morgan fingerprint density at radius 1 is 1.26 bits per heavy atom. The van der Waals surface area contributed by atoms with Crippen LogP contribution in [0.1, 0.15) is 45.1 Å². The van der Waals surface area contributed by atoms with Crippen LogP contribution >= 0.6 is 11.8 Å². The number of nitrogens with zero attached hydrogens (tertiary/aromatic N) is 1. The number of carbonyl (C=O) groups excluding carboxylic acids is 1. The van der Waals surface area contributed by atoms with E-state index in [-0.39, 0.29) is 34.3 Å². The topological polar surface area (TPSA) is 88.1 Å². The van der Waals surface area contributed by atoms with Gasteiger partial charge in [-0.3, -0.25) is 14.5 Å². The predicted octanol–water partition coefficient (Wildman–Crippen LogP) is 2.67. The lowest BCUT2D eigenvalue weighted by molar-refractivity contribution is -0.146. The monoisotopic (exact) mass is 448 g/mol. The van der Waals surface area contributed by atoms with E-state index in [9.17, 15) is 14.7 Å². The fourth-order valence-corrected chi connectivity index (χ4v) is 6.63. The summed E-state index contributed by atoms with van der Waals surface area (Å²) in [5.74, 6) is 0.101. The summed E-state index contributed by atoms with van der Waals surface area (Å²) in [6.07, 6.45) is 4.37. The second-order valence-corrected chi connectivity index (χ2v) is 11.0. The molecule has 3 saturated heterocycles. The molecule has 2 N–H and O–H groups in total. The number of thioether (sulfide) groups is 1. The lowest BCUT2D eigenvalue weighted by atomic mass is 9.96. The number of fused-ring (bicyclic) bond motifs is 1. The van der Waals surface area contributed by atoms with Gasteiger partial charge in [-0.05, 0) is 57.2 Å². The molecule has 3 aliphatic heterocycles. The summed E-state index contributed by atoms with van der Waals surface area (Å²) < 4.78 is 11.0. The minimum atomic E-state index is -0.785. The van der Waals surface area contributed by atoms with Gasteiger partial charge < -0.3 is 19.9 Å². The average Bonchev–Trinajstić information content (AvgIpc) is 3.25. The van der Waals surface area contributed by atoms with Crippen LogP contribution in [0, 0.1) is 0 Å². The highest BCUT2D eigenvalue weighted by Gasteiger charge is 2.59. The minimum absolute atomic E-state index is 0.0217. The van der Waals surface area contributed by atoms with E-state index in [4.69, 9.17) is 9.47 Å².